The van der Waals surface area contributed by atoms with E-state index in [4.69, 9.17) is 0 Å². The molecular weight excluding hydrogens is 372 g/mol. The fourth-order valence-corrected chi connectivity index (χ4v) is 4.59. The lowest BCUT2D eigenvalue weighted by Gasteiger charge is -2.37. The van der Waals surface area contributed by atoms with Crippen LogP contribution >= 0.6 is 0 Å². The van der Waals surface area contributed by atoms with Crippen LogP contribution in [0.1, 0.15) is 24.0 Å². The summed E-state index contributed by atoms with van der Waals surface area (Å²) in [4.78, 5) is 17.5. The highest BCUT2D eigenvalue weighted by Gasteiger charge is 2.31. The number of aromatic nitrogens is 2. The summed E-state index contributed by atoms with van der Waals surface area (Å²) in [5, 5.41) is 8.89. The molecule has 1 atom stereocenters. The molecule has 0 saturated carbocycles. The Bertz CT molecular complexity index is 1020. The molecule has 1 amide bonds. The average Bonchev–Trinajstić information content (AvgIpc) is 2.84. The zero-order valence-corrected chi connectivity index (χ0v) is 17.1. The van der Waals surface area contributed by atoms with Crippen LogP contribution in [0.15, 0.2) is 66.7 Å². The summed E-state index contributed by atoms with van der Waals surface area (Å²) in [5.74, 6) is 1.17. The number of benzene rings is 2. The maximum Gasteiger partial charge on any atom is 0.227 e. The molecule has 5 nitrogen and oxygen atoms in total. The number of hydrogen-bond donors (Lipinski definition) is 0. The standard InChI is InChI=1S/C25H26N4O/c30-25(29-16-14-19-7-4-5-10-21(19)17-29)22-11-6-15-28(18-22)24-13-12-23(26-27-24)20-8-2-1-3-9-20/h1-5,7-10,12-13,22H,6,11,14-18H2. The molecule has 0 bridgehead atoms. The zero-order valence-electron chi connectivity index (χ0n) is 17.1. The minimum absolute atomic E-state index is 0.0274. The Balaban J connectivity index is 1.26. The van der Waals surface area contributed by atoms with Crippen LogP contribution in [0, 0.1) is 5.92 Å². The molecule has 0 N–H and O–H groups in total. The number of hydrogen-bond acceptors (Lipinski definition) is 4. The summed E-state index contributed by atoms with van der Waals surface area (Å²) in [5.41, 5.74) is 4.59. The van der Waals surface area contributed by atoms with Crippen molar-refractivity contribution in [3.63, 3.8) is 0 Å². The van der Waals surface area contributed by atoms with Gasteiger partial charge >= 0.3 is 0 Å². The number of carbonyl (C=O) groups excluding carboxylic acids is 1. The van der Waals surface area contributed by atoms with E-state index in [0.29, 0.717) is 0 Å². The molecule has 1 aromatic heterocycles. The van der Waals surface area contributed by atoms with E-state index in [9.17, 15) is 4.79 Å². The van der Waals surface area contributed by atoms with E-state index in [1.165, 1.54) is 11.1 Å². The molecule has 3 aromatic rings. The van der Waals surface area contributed by atoms with Crippen LogP contribution in [0.3, 0.4) is 0 Å². The van der Waals surface area contributed by atoms with Gasteiger partial charge in [0.15, 0.2) is 5.82 Å². The van der Waals surface area contributed by atoms with Gasteiger partial charge in [0.05, 0.1) is 11.6 Å². The van der Waals surface area contributed by atoms with E-state index in [2.05, 4.69) is 39.4 Å². The molecular formula is C25H26N4O. The third kappa shape index (κ3) is 3.80. The van der Waals surface area contributed by atoms with Gasteiger partial charge in [-0.3, -0.25) is 4.79 Å². The molecule has 2 aliphatic heterocycles. The van der Waals surface area contributed by atoms with Gasteiger partial charge in [0.25, 0.3) is 0 Å². The highest BCUT2D eigenvalue weighted by Crippen LogP contribution is 2.26. The van der Waals surface area contributed by atoms with Crippen LogP contribution in [-0.2, 0) is 17.8 Å². The molecule has 0 spiro atoms. The van der Waals surface area contributed by atoms with E-state index in [1.807, 2.05) is 47.4 Å². The number of piperidine rings is 1. The number of anilines is 1. The number of rotatable bonds is 3. The molecule has 0 aliphatic carbocycles. The Morgan fingerprint density at radius 3 is 2.47 bits per heavy atom. The normalized spacial score (nSPS) is 18.7. The Labute approximate surface area is 177 Å². The molecule has 3 heterocycles. The van der Waals surface area contributed by atoms with Crippen molar-refractivity contribution in [1.29, 1.82) is 0 Å². The van der Waals surface area contributed by atoms with Gasteiger partial charge in [0, 0.05) is 31.7 Å². The van der Waals surface area contributed by atoms with Gasteiger partial charge in [-0.1, -0.05) is 54.6 Å². The van der Waals surface area contributed by atoms with Crippen molar-refractivity contribution < 1.29 is 4.79 Å². The van der Waals surface area contributed by atoms with Crippen molar-refractivity contribution in [2.75, 3.05) is 24.5 Å². The number of nitrogens with zero attached hydrogens (tertiary/aromatic N) is 4. The molecule has 2 aliphatic rings. The van der Waals surface area contributed by atoms with E-state index in [-0.39, 0.29) is 11.8 Å². The van der Waals surface area contributed by atoms with Crippen molar-refractivity contribution in [2.45, 2.75) is 25.8 Å². The van der Waals surface area contributed by atoms with Crippen molar-refractivity contribution in [3.05, 3.63) is 77.9 Å². The SMILES string of the molecule is O=C(C1CCCN(c2ccc(-c3ccccc3)nn2)C1)N1CCc2ccccc2C1. The number of fused-ring (bicyclic) bond motifs is 1. The molecule has 5 rings (SSSR count). The predicted molar refractivity (Wildman–Crippen MR) is 118 cm³/mol. The van der Waals surface area contributed by atoms with Crippen molar-refractivity contribution in [2.24, 2.45) is 5.92 Å². The zero-order chi connectivity index (χ0) is 20.3. The monoisotopic (exact) mass is 398 g/mol. The van der Waals surface area contributed by atoms with Gasteiger partial charge in [-0.2, -0.15) is 0 Å². The summed E-state index contributed by atoms with van der Waals surface area (Å²) >= 11 is 0. The lowest BCUT2D eigenvalue weighted by atomic mass is 9.94. The largest absolute Gasteiger partial charge is 0.354 e. The van der Waals surface area contributed by atoms with Crippen molar-refractivity contribution in [3.8, 4) is 11.3 Å². The highest BCUT2D eigenvalue weighted by molar-refractivity contribution is 5.80. The second-order valence-corrected chi connectivity index (χ2v) is 8.21. The van der Waals surface area contributed by atoms with Gasteiger partial charge in [-0.25, -0.2) is 0 Å². The second-order valence-electron chi connectivity index (χ2n) is 8.21. The maximum absolute atomic E-state index is 13.2. The molecule has 0 radical (unpaired) electrons. The third-order valence-corrected chi connectivity index (χ3v) is 6.26. The van der Waals surface area contributed by atoms with Crippen LogP contribution in [0.2, 0.25) is 0 Å². The quantitative estimate of drug-likeness (QED) is 0.670. The maximum atomic E-state index is 13.2. The number of carbonyl (C=O) groups is 1. The Morgan fingerprint density at radius 2 is 1.67 bits per heavy atom. The van der Waals surface area contributed by atoms with E-state index in [1.54, 1.807) is 0 Å². The minimum Gasteiger partial charge on any atom is -0.354 e. The molecule has 1 saturated heterocycles. The Hall–Kier alpha value is -3.21. The first-order valence-electron chi connectivity index (χ1n) is 10.8. The average molecular weight is 399 g/mol. The van der Waals surface area contributed by atoms with Crippen LogP contribution < -0.4 is 4.90 Å². The van der Waals surface area contributed by atoms with Gasteiger partial charge < -0.3 is 9.80 Å². The first-order chi connectivity index (χ1) is 14.8. The minimum atomic E-state index is 0.0274. The Morgan fingerprint density at radius 1 is 0.867 bits per heavy atom. The predicted octanol–water partition coefficient (Wildman–Crippen LogP) is 3.94. The summed E-state index contributed by atoms with van der Waals surface area (Å²) in [6, 6.07) is 22.6. The highest BCUT2D eigenvalue weighted by atomic mass is 16.2. The fraction of sp³-hybridized carbons (Fsp3) is 0.320. The molecule has 152 valence electrons. The lowest BCUT2D eigenvalue weighted by molar-refractivity contribution is -0.136. The second kappa shape index (κ2) is 8.27. The van der Waals surface area contributed by atoms with Gasteiger partial charge in [0.2, 0.25) is 5.91 Å². The molecule has 30 heavy (non-hydrogen) atoms. The molecule has 1 unspecified atom stereocenters. The number of amides is 1. The van der Waals surface area contributed by atoms with E-state index in [0.717, 1.165) is 62.5 Å². The van der Waals surface area contributed by atoms with Gasteiger partial charge in [0.1, 0.15) is 0 Å². The smallest absolute Gasteiger partial charge is 0.227 e. The third-order valence-electron chi connectivity index (χ3n) is 6.26. The van der Waals surface area contributed by atoms with E-state index >= 15 is 0 Å². The Kier molecular flexibility index (Phi) is 5.18. The van der Waals surface area contributed by atoms with Crippen molar-refractivity contribution >= 4 is 11.7 Å². The van der Waals surface area contributed by atoms with Crippen LogP contribution in [-0.4, -0.2) is 40.6 Å². The molecule has 5 heteroatoms. The summed E-state index contributed by atoms with van der Waals surface area (Å²) in [6.07, 6.45) is 2.90. The summed E-state index contributed by atoms with van der Waals surface area (Å²) in [6.45, 7) is 3.19. The van der Waals surface area contributed by atoms with Crippen LogP contribution in [0.4, 0.5) is 5.82 Å². The summed E-state index contributed by atoms with van der Waals surface area (Å²) in [7, 11) is 0. The van der Waals surface area contributed by atoms with Crippen LogP contribution in [0.5, 0.6) is 0 Å². The fourth-order valence-electron chi connectivity index (χ4n) is 4.59. The van der Waals surface area contributed by atoms with Gasteiger partial charge in [-0.05, 0) is 42.5 Å². The van der Waals surface area contributed by atoms with E-state index < -0.39 is 0 Å². The summed E-state index contributed by atoms with van der Waals surface area (Å²) < 4.78 is 0. The van der Waals surface area contributed by atoms with Crippen LogP contribution in [0.25, 0.3) is 11.3 Å². The van der Waals surface area contributed by atoms with Gasteiger partial charge in [-0.15, -0.1) is 10.2 Å². The topological polar surface area (TPSA) is 49.3 Å². The first kappa shape index (κ1) is 18.8. The lowest BCUT2D eigenvalue weighted by Crippen LogP contribution is -2.46. The molecule has 2 aromatic carbocycles. The van der Waals surface area contributed by atoms with Crippen molar-refractivity contribution in [1.82, 2.24) is 15.1 Å². The molecule has 1 fully saturated rings. The first-order valence-corrected chi connectivity index (χ1v) is 10.8.